The lowest BCUT2D eigenvalue weighted by molar-refractivity contribution is -0.142. The van der Waals surface area contributed by atoms with Crippen LogP contribution in [0.5, 0.6) is 0 Å². The molecule has 116 valence electrons. The monoisotopic (exact) mass is 290 g/mol. The number of nitrogens with two attached hydrogens (primary N) is 1. The van der Waals surface area contributed by atoms with Gasteiger partial charge in [0, 0.05) is 6.04 Å². The van der Waals surface area contributed by atoms with Crippen LogP contribution in [0.15, 0.2) is 30.3 Å². The minimum atomic E-state index is -0.185. The van der Waals surface area contributed by atoms with Crippen LogP contribution in [-0.4, -0.2) is 44.2 Å². The zero-order chi connectivity index (χ0) is 15.2. The van der Waals surface area contributed by atoms with Crippen LogP contribution in [0.2, 0.25) is 0 Å². The standard InChI is InChI=1S/C17H26N2O2/c1-19(12-17(20)21-2)16-10-14(8-9-15(16)11-18)13-6-4-3-5-7-13/h3-7,14-16H,8-12,18H2,1-2H3. The highest BCUT2D eigenvalue weighted by Gasteiger charge is 2.33. The molecule has 1 saturated carbocycles. The third-order valence-corrected chi connectivity index (χ3v) is 4.70. The maximum Gasteiger partial charge on any atom is 0.319 e. The first-order valence-electron chi connectivity index (χ1n) is 7.67. The zero-order valence-corrected chi connectivity index (χ0v) is 13.0. The summed E-state index contributed by atoms with van der Waals surface area (Å²) in [7, 11) is 3.43. The second-order valence-corrected chi connectivity index (χ2v) is 5.98. The van der Waals surface area contributed by atoms with Crippen LogP contribution in [0, 0.1) is 5.92 Å². The normalized spacial score (nSPS) is 25.8. The Bertz CT molecular complexity index is 449. The summed E-state index contributed by atoms with van der Waals surface area (Å²) in [6, 6.07) is 11.0. The van der Waals surface area contributed by atoms with Crippen molar-refractivity contribution >= 4 is 5.97 Å². The van der Waals surface area contributed by atoms with E-state index >= 15 is 0 Å². The van der Waals surface area contributed by atoms with Crippen molar-refractivity contribution in [2.45, 2.75) is 31.2 Å². The molecule has 1 aromatic carbocycles. The molecule has 1 aliphatic rings. The van der Waals surface area contributed by atoms with Crippen molar-refractivity contribution in [2.24, 2.45) is 11.7 Å². The largest absolute Gasteiger partial charge is 0.468 e. The van der Waals surface area contributed by atoms with Gasteiger partial charge in [-0.05, 0) is 50.3 Å². The Morgan fingerprint density at radius 3 is 2.67 bits per heavy atom. The molecule has 0 aromatic heterocycles. The Balaban J connectivity index is 2.07. The second kappa shape index (κ2) is 7.57. The number of carbonyl (C=O) groups excluding carboxylic acids is 1. The van der Waals surface area contributed by atoms with Crippen molar-refractivity contribution in [3.63, 3.8) is 0 Å². The first-order chi connectivity index (χ1) is 10.2. The SMILES string of the molecule is COC(=O)CN(C)C1CC(c2ccccc2)CCC1CN. The van der Waals surface area contributed by atoms with Gasteiger partial charge in [0.15, 0.2) is 0 Å². The summed E-state index contributed by atoms with van der Waals surface area (Å²) in [4.78, 5) is 13.6. The third-order valence-electron chi connectivity index (χ3n) is 4.70. The molecule has 0 amide bonds. The molecule has 3 unspecified atom stereocenters. The fraction of sp³-hybridized carbons (Fsp3) is 0.588. The average Bonchev–Trinajstić information content (AvgIpc) is 2.54. The summed E-state index contributed by atoms with van der Waals surface area (Å²) in [5.74, 6) is 0.828. The number of hydrogen-bond acceptors (Lipinski definition) is 4. The number of carbonyl (C=O) groups is 1. The molecule has 1 aliphatic carbocycles. The van der Waals surface area contributed by atoms with Gasteiger partial charge in [-0.2, -0.15) is 0 Å². The number of methoxy groups -OCH3 is 1. The van der Waals surface area contributed by atoms with Crippen molar-refractivity contribution < 1.29 is 9.53 Å². The van der Waals surface area contributed by atoms with Gasteiger partial charge in [0.25, 0.3) is 0 Å². The van der Waals surface area contributed by atoms with Gasteiger partial charge in [-0.15, -0.1) is 0 Å². The second-order valence-electron chi connectivity index (χ2n) is 5.98. The quantitative estimate of drug-likeness (QED) is 0.843. The molecule has 2 N–H and O–H groups in total. The summed E-state index contributed by atoms with van der Waals surface area (Å²) in [5.41, 5.74) is 7.33. The van der Waals surface area contributed by atoms with Gasteiger partial charge in [0.2, 0.25) is 0 Å². The van der Waals surface area contributed by atoms with E-state index in [9.17, 15) is 4.79 Å². The molecule has 1 aromatic rings. The number of benzene rings is 1. The number of esters is 1. The van der Waals surface area contributed by atoms with Gasteiger partial charge in [-0.3, -0.25) is 9.69 Å². The van der Waals surface area contributed by atoms with Crippen LogP contribution >= 0.6 is 0 Å². The molecule has 4 heteroatoms. The van der Waals surface area contributed by atoms with Crippen LogP contribution in [0.4, 0.5) is 0 Å². The maximum absolute atomic E-state index is 11.5. The van der Waals surface area contributed by atoms with Crippen LogP contribution < -0.4 is 5.73 Å². The first-order valence-corrected chi connectivity index (χ1v) is 7.67. The molecule has 2 rings (SSSR count). The molecular formula is C17H26N2O2. The van der Waals surface area contributed by atoms with E-state index in [0.29, 0.717) is 31.0 Å². The summed E-state index contributed by atoms with van der Waals surface area (Å²) < 4.78 is 4.78. The predicted molar refractivity (Wildman–Crippen MR) is 84.0 cm³/mol. The van der Waals surface area contributed by atoms with Gasteiger partial charge < -0.3 is 10.5 Å². The maximum atomic E-state index is 11.5. The lowest BCUT2D eigenvalue weighted by Crippen LogP contribution is -2.46. The molecule has 21 heavy (non-hydrogen) atoms. The first kappa shape index (κ1) is 16.0. The number of nitrogens with zero attached hydrogens (tertiary/aromatic N) is 1. The van der Waals surface area contributed by atoms with Crippen LogP contribution in [0.25, 0.3) is 0 Å². The topological polar surface area (TPSA) is 55.6 Å². The lowest BCUT2D eigenvalue weighted by atomic mass is 9.75. The van der Waals surface area contributed by atoms with Crippen LogP contribution in [0.1, 0.15) is 30.7 Å². The lowest BCUT2D eigenvalue weighted by Gasteiger charge is -2.40. The van der Waals surface area contributed by atoms with Gasteiger partial charge in [0.1, 0.15) is 0 Å². The molecule has 0 bridgehead atoms. The highest BCUT2D eigenvalue weighted by Crippen LogP contribution is 2.37. The number of ether oxygens (including phenoxy) is 1. The summed E-state index contributed by atoms with van der Waals surface area (Å²) in [5, 5.41) is 0. The Morgan fingerprint density at radius 1 is 1.33 bits per heavy atom. The molecule has 0 radical (unpaired) electrons. The summed E-state index contributed by atoms with van der Waals surface area (Å²) >= 11 is 0. The Labute approximate surface area is 127 Å². The molecular weight excluding hydrogens is 264 g/mol. The van der Waals surface area contributed by atoms with E-state index < -0.39 is 0 Å². The van der Waals surface area contributed by atoms with Gasteiger partial charge in [-0.25, -0.2) is 0 Å². The van der Waals surface area contributed by atoms with Crippen molar-refractivity contribution in [3.05, 3.63) is 35.9 Å². The van der Waals surface area contributed by atoms with E-state index in [2.05, 4.69) is 35.2 Å². The van der Waals surface area contributed by atoms with E-state index in [4.69, 9.17) is 10.5 Å². The Kier molecular flexibility index (Phi) is 5.76. The minimum absolute atomic E-state index is 0.185. The van der Waals surface area contributed by atoms with E-state index in [1.165, 1.54) is 19.1 Å². The molecule has 0 saturated heterocycles. The Hall–Kier alpha value is -1.39. The van der Waals surface area contributed by atoms with Crippen LogP contribution in [0.3, 0.4) is 0 Å². The smallest absolute Gasteiger partial charge is 0.319 e. The van der Waals surface area contributed by atoms with Crippen molar-refractivity contribution in [2.75, 3.05) is 27.2 Å². The highest BCUT2D eigenvalue weighted by molar-refractivity contribution is 5.71. The van der Waals surface area contributed by atoms with E-state index in [1.54, 1.807) is 0 Å². The fourth-order valence-electron chi connectivity index (χ4n) is 3.44. The van der Waals surface area contributed by atoms with Crippen LogP contribution in [-0.2, 0) is 9.53 Å². The van der Waals surface area contributed by atoms with Crippen molar-refractivity contribution in [3.8, 4) is 0 Å². The average molecular weight is 290 g/mol. The van der Waals surface area contributed by atoms with Gasteiger partial charge in [-0.1, -0.05) is 30.3 Å². The molecule has 3 atom stereocenters. The third kappa shape index (κ3) is 4.05. The van der Waals surface area contributed by atoms with Gasteiger partial charge in [0.05, 0.1) is 13.7 Å². The van der Waals surface area contributed by atoms with E-state index in [-0.39, 0.29) is 5.97 Å². The number of likely N-dealkylation sites (N-methyl/N-ethyl adjacent to an activating group) is 1. The van der Waals surface area contributed by atoms with Crippen molar-refractivity contribution in [1.82, 2.24) is 4.90 Å². The van der Waals surface area contributed by atoms with E-state index in [1.807, 2.05) is 7.05 Å². The zero-order valence-electron chi connectivity index (χ0n) is 13.0. The molecule has 1 fully saturated rings. The molecule has 4 nitrogen and oxygen atoms in total. The van der Waals surface area contributed by atoms with E-state index in [0.717, 1.165) is 12.8 Å². The molecule has 0 heterocycles. The number of rotatable bonds is 5. The summed E-state index contributed by atoms with van der Waals surface area (Å²) in [6.07, 6.45) is 3.35. The highest BCUT2D eigenvalue weighted by atomic mass is 16.5. The predicted octanol–water partition coefficient (Wildman–Crippen LogP) is 2.00. The number of hydrogen-bond donors (Lipinski definition) is 1. The minimum Gasteiger partial charge on any atom is -0.468 e. The molecule has 0 spiro atoms. The molecule has 0 aliphatic heterocycles. The van der Waals surface area contributed by atoms with Crippen molar-refractivity contribution in [1.29, 1.82) is 0 Å². The Morgan fingerprint density at radius 2 is 2.05 bits per heavy atom. The fourth-order valence-corrected chi connectivity index (χ4v) is 3.44. The summed E-state index contributed by atoms with van der Waals surface area (Å²) in [6.45, 7) is 1.01. The van der Waals surface area contributed by atoms with Gasteiger partial charge >= 0.3 is 5.97 Å².